The van der Waals surface area contributed by atoms with Crippen molar-refractivity contribution in [1.29, 1.82) is 0 Å². The average molecular weight is 511 g/mol. The molecule has 0 spiro atoms. The number of nitrogens with zero attached hydrogens (tertiary/aromatic N) is 2. The molecule has 2 atom stereocenters. The molecule has 3 rings (SSSR count). The number of benzene rings is 1. The highest BCUT2D eigenvalue weighted by Gasteiger charge is 2.59. The number of nitrogens with two attached hydrogens (primary N) is 1. The minimum Gasteiger partial charge on any atom is -0.495 e. The normalized spacial score (nSPS) is 22.7. The second-order valence-electron chi connectivity index (χ2n) is 7.44. The molecule has 0 aliphatic carbocycles. The lowest BCUT2D eigenvalue weighted by atomic mass is 9.89. The molecule has 0 saturated carbocycles. The van der Waals surface area contributed by atoms with E-state index in [2.05, 4.69) is 15.3 Å². The van der Waals surface area contributed by atoms with E-state index in [4.69, 9.17) is 26.8 Å². The molecule has 7 nitrogen and oxygen atoms in total. The van der Waals surface area contributed by atoms with E-state index in [9.17, 15) is 22.4 Å². The van der Waals surface area contributed by atoms with Crippen LogP contribution in [0.5, 0.6) is 5.75 Å². The van der Waals surface area contributed by atoms with Crippen LogP contribution in [0.25, 0.3) is 0 Å². The van der Waals surface area contributed by atoms with Crippen LogP contribution in [-0.4, -0.2) is 42.2 Å². The first kappa shape index (κ1) is 26.6. The van der Waals surface area contributed by atoms with Crippen LogP contribution in [0.3, 0.4) is 0 Å². The third kappa shape index (κ3) is 4.99. The minimum atomic E-state index is -4.80. The van der Waals surface area contributed by atoms with Gasteiger partial charge in [-0.15, -0.1) is 12.4 Å². The highest BCUT2D eigenvalue weighted by molar-refractivity contribution is 6.34. The van der Waals surface area contributed by atoms with Crippen LogP contribution in [0, 0.1) is 5.82 Å². The van der Waals surface area contributed by atoms with Crippen molar-refractivity contribution in [2.75, 3.05) is 19.0 Å². The standard InChI is InChI=1S/C20H19ClF4N4O3.ClH/c1-18(9-32-19(2,17(26)29-18)20(23,24)25)12-6-10(4-5-14(12)22)28-16(30)15-13(21)7-11(31-3)8-27-15;/h4-8H,9H2,1-3H3,(H2,26,29)(H,28,30);1H/t18-,19+;/m0./s1. The Balaban J connectivity index is 0.00000385. The summed E-state index contributed by atoms with van der Waals surface area (Å²) in [7, 11) is 1.41. The van der Waals surface area contributed by atoms with Gasteiger partial charge in [0.2, 0.25) is 5.60 Å². The molecule has 1 aliphatic heterocycles. The number of hydrogen-bond acceptors (Lipinski definition) is 6. The molecule has 1 amide bonds. The van der Waals surface area contributed by atoms with Gasteiger partial charge in [-0.3, -0.25) is 9.79 Å². The summed E-state index contributed by atoms with van der Waals surface area (Å²) in [5.41, 5.74) is 1.15. The summed E-state index contributed by atoms with van der Waals surface area (Å²) in [6.45, 7) is 1.54. The Hall–Kier alpha value is -2.63. The van der Waals surface area contributed by atoms with Crippen LogP contribution in [0.2, 0.25) is 5.02 Å². The SMILES string of the molecule is COc1cnc(C(=O)Nc2ccc(F)c([C@]3(C)CO[C@@](C)(C(F)(F)F)C(N)=N3)c2)c(Cl)c1.Cl. The number of pyridine rings is 1. The third-order valence-corrected chi connectivity index (χ3v) is 5.40. The molecule has 0 radical (unpaired) electrons. The van der Waals surface area contributed by atoms with E-state index in [1.807, 2.05) is 0 Å². The Labute approximate surface area is 197 Å². The fraction of sp³-hybridized carbons (Fsp3) is 0.350. The fourth-order valence-electron chi connectivity index (χ4n) is 3.03. The van der Waals surface area contributed by atoms with Crippen molar-refractivity contribution in [2.45, 2.75) is 31.2 Å². The number of amides is 1. The number of halogens is 6. The number of nitrogens with one attached hydrogen (secondary N) is 1. The molecule has 1 aromatic carbocycles. The number of hydrogen-bond donors (Lipinski definition) is 2. The van der Waals surface area contributed by atoms with Gasteiger partial charge in [-0.1, -0.05) is 11.6 Å². The number of amidine groups is 1. The predicted octanol–water partition coefficient (Wildman–Crippen LogP) is 4.48. The van der Waals surface area contributed by atoms with E-state index in [1.54, 1.807) is 0 Å². The first-order chi connectivity index (χ1) is 14.8. The van der Waals surface area contributed by atoms with Gasteiger partial charge in [-0.25, -0.2) is 9.37 Å². The topological polar surface area (TPSA) is 98.8 Å². The predicted molar refractivity (Wildman–Crippen MR) is 117 cm³/mol. The molecule has 1 aromatic heterocycles. The molecular formula is C20H20Cl2F4N4O3. The van der Waals surface area contributed by atoms with Crippen LogP contribution < -0.4 is 15.8 Å². The molecule has 2 aromatic rings. The van der Waals surface area contributed by atoms with Crippen molar-refractivity contribution in [3.63, 3.8) is 0 Å². The van der Waals surface area contributed by atoms with Crippen LogP contribution in [0.4, 0.5) is 23.2 Å². The van der Waals surface area contributed by atoms with Crippen molar-refractivity contribution >= 4 is 41.4 Å². The molecule has 0 saturated heterocycles. The second kappa shape index (κ2) is 9.32. The lowest BCUT2D eigenvalue weighted by Gasteiger charge is -2.41. The molecule has 0 unspecified atom stereocenters. The third-order valence-electron chi connectivity index (χ3n) is 5.11. The molecule has 3 N–H and O–H groups in total. The zero-order valence-corrected chi connectivity index (χ0v) is 19.2. The molecule has 2 heterocycles. The van der Waals surface area contributed by atoms with E-state index in [0.717, 1.165) is 13.0 Å². The van der Waals surface area contributed by atoms with Crippen molar-refractivity contribution in [2.24, 2.45) is 10.7 Å². The van der Waals surface area contributed by atoms with Crippen molar-refractivity contribution < 1.29 is 31.8 Å². The Morgan fingerprint density at radius 2 is 1.97 bits per heavy atom. The lowest BCUT2D eigenvalue weighted by molar-refractivity contribution is -0.249. The highest BCUT2D eigenvalue weighted by atomic mass is 35.5. The van der Waals surface area contributed by atoms with Crippen molar-refractivity contribution in [3.8, 4) is 5.75 Å². The van der Waals surface area contributed by atoms with Gasteiger partial charge in [0, 0.05) is 17.3 Å². The number of ether oxygens (including phenoxy) is 2. The van der Waals surface area contributed by atoms with E-state index in [-0.39, 0.29) is 34.4 Å². The van der Waals surface area contributed by atoms with E-state index < -0.39 is 41.5 Å². The first-order valence-corrected chi connectivity index (χ1v) is 9.56. The van der Waals surface area contributed by atoms with Crippen LogP contribution in [0.15, 0.2) is 35.5 Å². The van der Waals surface area contributed by atoms with Gasteiger partial charge < -0.3 is 20.5 Å². The number of anilines is 1. The highest BCUT2D eigenvalue weighted by Crippen LogP contribution is 2.41. The van der Waals surface area contributed by atoms with E-state index >= 15 is 0 Å². The lowest BCUT2D eigenvalue weighted by Crippen LogP contribution is -2.60. The summed E-state index contributed by atoms with van der Waals surface area (Å²) >= 11 is 6.05. The molecule has 13 heteroatoms. The van der Waals surface area contributed by atoms with Crippen LogP contribution in [-0.2, 0) is 10.3 Å². The molecular weight excluding hydrogens is 491 g/mol. The molecule has 0 fully saturated rings. The Bertz CT molecular complexity index is 1100. The molecule has 0 bridgehead atoms. The van der Waals surface area contributed by atoms with Crippen molar-refractivity contribution in [3.05, 3.63) is 52.6 Å². The van der Waals surface area contributed by atoms with Crippen LogP contribution in [0.1, 0.15) is 29.9 Å². The molecule has 180 valence electrons. The van der Waals surface area contributed by atoms with Crippen molar-refractivity contribution in [1.82, 2.24) is 4.98 Å². The molecule has 1 aliphatic rings. The second-order valence-corrected chi connectivity index (χ2v) is 7.85. The number of alkyl halides is 3. The summed E-state index contributed by atoms with van der Waals surface area (Å²) in [5.74, 6) is -1.93. The van der Waals surface area contributed by atoms with Gasteiger partial charge >= 0.3 is 6.18 Å². The molecule has 33 heavy (non-hydrogen) atoms. The summed E-state index contributed by atoms with van der Waals surface area (Å²) in [6.07, 6.45) is -3.51. The van der Waals surface area contributed by atoms with E-state index in [0.29, 0.717) is 5.75 Å². The maximum absolute atomic E-state index is 14.6. The van der Waals surface area contributed by atoms with Gasteiger partial charge in [0.1, 0.15) is 28.6 Å². The van der Waals surface area contributed by atoms with E-state index in [1.165, 1.54) is 38.4 Å². The monoisotopic (exact) mass is 510 g/mol. The Morgan fingerprint density at radius 1 is 1.30 bits per heavy atom. The summed E-state index contributed by atoms with van der Waals surface area (Å²) in [6, 6.07) is 4.95. The maximum Gasteiger partial charge on any atom is 0.424 e. The van der Waals surface area contributed by atoms with Gasteiger partial charge in [0.15, 0.2) is 0 Å². The zero-order chi connectivity index (χ0) is 23.9. The fourth-order valence-corrected chi connectivity index (χ4v) is 3.28. The number of carbonyl (C=O) groups excluding carboxylic acids is 1. The largest absolute Gasteiger partial charge is 0.495 e. The minimum absolute atomic E-state index is 0. The van der Waals surface area contributed by atoms with Gasteiger partial charge in [-0.2, -0.15) is 13.2 Å². The number of aliphatic imine (C=N–C) groups is 1. The zero-order valence-electron chi connectivity index (χ0n) is 17.6. The summed E-state index contributed by atoms with van der Waals surface area (Å²) in [4.78, 5) is 20.4. The van der Waals surface area contributed by atoms with Gasteiger partial charge in [0.05, 0.1) is 24.9 Å². The van der Waals surface area contributed by atoms with Gasteiger partial charge in [-0.05, 0) is 32.0 Å². The maximum atomic E-state index is 14.6. The number of carbonyl (C=O) groups is 1. The van der Waals surface area contributed by atoms with Gasteiger partial charge in [0.25, 0.3) is 5.91 Å². The Morgan fingerprint density at radius 3 is 2.52 bits per heavy atom. The smallest absolute Gasteiger partial charge is 0.424 e. The summed E-state index contributed by atoms with van der Waals surface area (Å²) in [5, 5.41) is 2.55. The first-order valence-electron chi connectivity index (χ1n) is 9.18. The number of methoxy groups -OCH3 is 1. The van der Waals surface area contributed by atoms with Crippen LogP contribution >= 0.6 is 24.0 Å². The average Bonchev–Trinajstić information content (AvgIpc) is 2.71. The Kier molecular flexibility index (Phi) is 7.52. The quantitative estimate of drug-likeness (QED) is 0.590. The number of rotatable bonds is 4. The number of aromatic nitrogens is 1. The summed E-state index contributed by atoms with van der Waals surface area (Å²) < 4.78 is 64.6.